The van der Waals surface area contributed by atoms with Crippen LogP contribution in [0.25, 0.3) is 16.9 Å². The van der Waals surface area contributed by atoms with Gasteiger partial charge in [-0.25, -0.2) is 19.5 Å². The molecule has 4 aromatic rings. The van der Waals surface area contributed by atoms with Gasteiger partial charge in [0.1, 0.15) is 6.33 Å². The maximum Gasteiger partial charge on any atom is 0.190 e. The Morgan fingerprint density at radius 3 is 2.96 bits per heavy atom. The number of hydrazine groups is 2. The average molecular weight is 364 g/mol. The molecule has 5 rings (SSSR count). The van der Waals surface area contributed by atoms with Gasteiger partial charge in [-0.05, 0) is 11.6 Å². The normalized spacial score (nSPS) is 13.1. The van der Waals surface area contributed by atoms with Crippen molar-refractivity contribution in [3.63, 3.8) is 0 Å². The van der Waals surface area contributed by atoms with Crippen LogP contribution in [0.15, 0.2) is 43.2 Å². The number of aliphatic hydroxyl groups is 1. The number of pyridine rings is 1. The lowest BCUT2D eigenvalue weighted by molar-refractivity contribution is 0.269. The van der Waals surface area contributed by atoms with Gasteiger partial charge >= 0.3 is 0 Å². The van der Waals surface area contributed by atoms with E-state index in [1.165, 1.54) is 6.33 Å². The van der Waals surface area contributed by atoms with Gasteiger partial charge in [0.2, 0.25) is 0 Å². The number of aromatic nitrogens is 7. The number of aliphatic hydroxyl groups excluding tert-OH is 1. The Labute approximate surface area is 153 Å². The lowest BCUT2D eigenvalue weighted by atomic mass is 10.2. The van der Waals surface area contributed by atoms with Crippen molar-refractivity contribution in [2.75, 3.05) is 17.0 Å². The molecule has 0 atom stereocenters. The standard InChI is InChI=1S/C16H16N10O/c27-4-3-24-9-12(5-19-24)13-6-17-15-16(21-13)26(23-22-15)8-11-1-2-14-18-10-20-25(14)7-11/h1-2,5-7,9-10,23,27H,3-4,8H2,(H,17,22). The molecule has 0 saturated carbocycles. The van der Waals surface area contributed by atoms with Gasteiger partial charge in [0.25, 0.3) is 0 Å². The minimum absolute atomic E-state index is 0.0364. The first-order valence-corrected chi connectivity index (χ1v) is 8.38. The molecule has 0 unspecified atom stereocenters. The van der Waals surface area contributed by atoms with Gasteiger partial charge in [0, 0.05) is 18.0 Å². The Kier molecular flexibility index (Phi) is 3.66. The Morgan fingerprint density at radius 2 is 2.04 bits per heavy atom. The van der Waals surface area contributed by atoms with Crippen LogP contribution in [0.5, 0.6) is 0 Å². The number of nitrogens with zero attached hydrogens (tertiary/aromatic N) is 8. The zero-order valence-electron chi connectivity index (χ0n) is 14.2. The van der Waals surface area contributed by atoms with Crippen LogP contribution in [0.1, 0.15) is 5.56 Å². The summed E-state index contributed by atoms with van der Waals surface area (Å²) in [5, 5.41) is 19.3. The third-order valence-corrected chi connectivity index (χ3v) is 4.25. The van der Waals surface area contributed by atoms with Crippen molar-refractivity contribution in [1.82, 2.24) is 39.9 Å². The largest absolute Gasteiger partial charge is 0.394 e. The van der Waals surface area contributed by atoms with E-state index in [0.29, 0.717) is 30.4 Å². The van der Waals surface area contributed by atoms with Gasteiger partial charge in [-0.3, -0.25) is 15.1 Å². The van der Waals surface area contributed by atoms with E-state index in [4.69, 9.17) is 10.1 Å². The fraction of sp³-hybridized carbons (Fsp3) is 0.188. The summed E-state index contributed by atoms with van der Waals surface area (Å²) < 4.78 is 3.41. The molecule has 136 valence electrons. The van der Waals surface area contributed by atoms with E-state index in [1.54, 1.807) is 21.6 Å². The minimum Gasteiger partial charge on any atom is -0.394 e. The highest BCUT2D eigenvalue weighted by Crippen LogP contribution is 2.28. The molecular weight excluding hydrogens is 348 g/mol. The van der Waals surface area contributed by atoms with Gasteiger partial charge in [-0.1, -0.05) is 6.07 Å². The zero-order valence-corrected chi connectivity index (χ0v) is 14.2. The molecule has 11 nitrogen and oxygen atoms in total. The van der Waals surface area contributed by atoms with Crippen LogP contribution in [-0.4, -0.2) is 46.1 Å². The van der Waals surface area contributed by atoms with Gasteiger partial charge in [0.05, 0.1) is 37.8 Å². The zero-order chi connectivity index (χ0) is 18.2. The lowest BCUT2D eigenvalue weighted by Crippen LogP contribution is -2.35. The van der Waals surface area contributed by atoms with Crippen LogP contribution in [-0.2, 0) is 13.1 Å². The number of anilines is 2. The third kappa shape index (κ3) is 2.84. The van der Waals surface area contributed by atoms with Crippen LogP contribution in [0, 0.1) is 0 Å². The second-order valence-corrected chi connectivity index (χ2v) is 6.07. The first-order chi connectivity index (χ1) is 13.3. The number of hydrogen-bond donors (Lipinski definition) is 3. The van der Waals surface area contributed by atoms with Crippen molar-refractivity contribution in [3.05, 3.63) is 48.8 Å². The second-order valence-electron chi connectivity index (χ2n) is 6.07. The van der Waals surface area contributed by atoms with Crippen molar-refractivity contribution in [3.8, 4) is 11.3 Å². The van der Waals surface area contributed by atoms with E-state index in [-0.39, 0.29) is 6.61 Å². The Hall–Kier alpha value is -3.57. The van der Waals surface area contributed by atoms with Gasteiger partial charge < -0.3 is 5.11 Å². The number of rotatable bonds is 5. The van der Waals surface area contributed by atoms with Crippen LogP contribution in [0.4, 0.5) is 11.6 Å². The van der Waals surface area contributed by atoms with E-state index >= 15 is 0 Å². The molecule has 0 amide bonds. The third-order valence-electron chi connectivity index (χ3n) is 4.25. The molecule has 0 aliphatic carbocycles. The highest BCUT2D eigenvalue weighted by Gasteiger charge is 2.23. The SMILES string of the molecule is OCCn1cc(-c2cnc3c(n2)N(Cc2ccc4ncnn4c2)NN3)cn1. The molecule has 27 heavy (non-hydrogen) atoms. The van der Waals surface area contributed by atoms with Crippen molar-refractivity contribution in [1.29, 1.82) is 0 Å². The molecule has 0 fully saturated rings. The fourth-order valence-electron chi connectivity index (χ4n) is 2.94. The molecule has 11 heteroatoms. The summed E-state index contributed by atoms with van der Waals surface area (Å²) in [7, 11) is 0. The Bertz CT molecular complexity index is 1100. The number of fused-ring (bicyclic) bond motifs is 2. The lowest BCUT2D eigenvalue weighted by Gasteiger charge is -2.16. The van der Waals surface area contributed by atoms with Gasteiger partial charge in [0.15, 0.2) is 17.3 Å². The van der Waals surface area contributed by atoms with E-state index in [1.807, 2.05) is 29.5 Å². The number of nitrogens with one attached hydrogen (secondary N) is 2. The molecule has 1 aliphatic heterocycles. The minimum atomic E-state index is 0.0364. The summed E-state index contributed by atoms with van der Waals surface area (Å²) >= 11 is 0. The van der Waals surface area contributed by atoms with Crippen molar-refractivity contribution in [2.45, 2.75) is 13.1 Å². The van der Waals surface area contributed by atoms with Crippen LogP contribution < -0.4 is 16.0 Å². The summed E-state index contributed by atoms with van der Waals surface area (Å²) in [5.41, 5.74) is 9.49. The predicted octanol–water partition coefficient (Wildman–Crippen LogP) is 0.227. The molecule has 0 bridgehead atoms. The van der Waals surface area contributed by atoms with Crippen molar-refractivity contribution < 1.29 is 5.11 Å². The van der Waals surface area contributed by atoms with Crippen LogP contribution in [0.3, 0.4) is 0 Å². The molecule has 0 aromatic carbocycles. The molecule has 0 spiro atoms. The summed E-state index contributed by atoms with van der Waals surface area (Å²) in [6.45, 7) is 1.05. The van der Waals surface area contributed by atoms with Crippen LogP contribution in [0.2, 0.25) is 0 Å². The molecule has 5 heterocycles. The Balaban J connectivity index is 1.42. The Morgan fingerprint density at radius 1 is 1.07 bits per heavy atom. The number of hydrogen-bond acceptors (Lipinski definition) is 9. The summed E-state index contributed by atoms with van der Waals surface area (Å²) in [6.07, 6.45) is 8.70. The van der Waals surface area contributed by atoms with E-state index in [2.05, 4.69) is 31.1 Å². The van der Waals surface area contributed by atoms with E-state index in [0.717, 1.165) is 16.8 Å². The van der Waals surface area contributed by atoms with Crippen molar-refractivity contribution >= 4 is 17.3 Å². The fourth-order valence-corrected chi connectivity index (χ4v) is 2.94. The molecule has 0 saturated heterocycles. The molecule has 4 aromatic heterocycles. The molecule has 1 aliphatic rings. The maximum absolute atomic E-state index is 9.03. The topological polar surface area (TPSA) is 121 Å². The second kappa shape index (κ2) is 6.30. The quantitative estimate of drug-likeness (QED) is 0.457. The van der Waals surface area contributed by atoms with E-state index < -0.39 is 0 Å². The summed E-state index contributed by atoms with van der Waals surface area (Å²) in [6, 6.07) is 3.92. The average Bonchev–Trinajstić information content (AvgIpc) is 3.41. The first kappa shape index (κ1) is 15.7. The smallest absolute Gasteiger partial charge is 0.190 e. The maximum atomic E-state index is 9.03. The summed E-state index contributed by atoms with van der Waals surface area (Å²) in [5.74, 6) is 1.35. The molecular formula is C16H16N10O. The monoisotopic (exact) mass is 364 g/mol. The predicted molar refractivity (Wildman–Crippen MR) is 96.3 cm³/mol. The summed E-state index contributed by atoms with van der Waals surface area (Å²) in [4.78, 5) is 13.3. The highest BCUT2D eigenvalue weighted by molar-refractivity contribution is 5.69. The first-order valence-electron chi connectivity index (χ1n) is 8.38. The highest BCUT2D eigenvalue weighted by atomic mass is 16.3. The van der Waals surface area contributed by atoms with Crippen LogP contribution >= 0.6 is 0 Å². The van der Waals surface area contributed by atoms with Gasteiger partial charge in [-0.2, -0.15) is 10.2 Å². The van der Waals surface area contributed by atoms with Gasteiger partial charge in [-0.15, -0.1) is 5.53 Å². The van der Waals surface area contributed by atoms with Crippen molar-refractivity contribution in [2.24, 2.45) is 0 Å². The molecule has 0 radical (unpaired) electrons. The molecule has 3 N–H and O–H groups in total. The van der Waals surface area contributed by atoms with E-state index in [9.17, 15) is 0 Å².